The van der Waals surface area contributed by atoms with Gasteiger partial charge in [0.25, 0.3) is 0 Å². The Labute approximate surface area is 117 Å². The van der Waals surface area contributed by atoms with E-state index in [9.17, 15) is 0 Å². The van der Waals surface area contributed by atoms with Crippen LogP contribution >= 0.6 is 0 Å². The molecule has 0 aliphatic carbocycles. The molecule has 108 valence electrons. The Balaban J connectivity index is 2.46. The zero-order valence-electron chi connectivity index (χ0n) is 13.2. The van der Waals surface area contributed by atoms with Gasteiger partial charge >= 0.3 is 0 Å². The molecule has 0 fully saturated rings. The van der Waals surface area contributed by atoms with Crippen LogP contribution in [0.5, 0.6) is 0 Å². The maximum absolute atomic E-state index is 4.34. The van der Waals surface area contributed by atoms with Gasteiger partial charge in [-0.3, -0.25) is 0 Å². The summed E-state index contributed by atoms with van der Waals surface area (Å²) in [6.45, 7) is 14.0. The summed E-state index contributed by atoms with van der Waals surface area (Å²) in [4.78, 5) is 4.34. The van der Waals surface area contributed by atoms with E-state index < -0.39 is 0 Å². The molecule has 4 heteroatoms. The van der Waals surface area contributed by atoms with Gasteiger partial charge < -0.3 is 5.32 Å². The quantitative estimate of drug-likeness (QED) is 0.634. The highest BCUT2D eigenvalue weighted by atomic mass is 15.3. The standard InChI is InChI=1S/C15H28N4/c1-12(2)19-14(16-11-18-19)10-13(3)8-7-9-17-15(4,5)6/h8,11-12,17H,7,9-10H2,1-6H3. The fraction of sp³-hybridized carbons (Fsp3) is 0.733. The van der Waals surface area contributed by atoms with Crippen molar-refractivity contribution < 1.29 is 0 Å². The maximum atomic E-state index is 4.34. The number of hydrogen-bond acceptors (Lipinski definition) is 3. The van der Waals surface area contributed by atoms with Gasteiger partial charge in [0.1, 0.15) is 12.2 Å². The molecule has 1 N–H and O–H groups in total. The Morgan fingerprint density at radius 1 is 1.42 bits per heavy atom. The van der Waals surface area contributed by atoms with E-state index in [0.29, 0.717) is 6.04 Å². The molecule has 0 aromatic carbocycles. The molecule has 0 saturated carbocycles. The number of nitrogens with zero attached hydrogens (tertiary/aromatic N) is 3. The second-order valence-corrected chi connectivity index (χ2v) is 6.41. The Hall–Kier alpha value is -1.16. The molecule has 0 spiro atoms. The summed E-state index contributed by atoms with van der Waals surface area (Å²) in [5.41, 5.74) is 1.55. The van der Waals surface area contributed by atoms with Crippen LogP contribution in [0.25, 0.3) is 0 Å². The van der Waals surface area contributed by atoms with E-state index in [2.05, 4.69) is 63.0 Å². The molecule has 0 saturated heterocycles. The maximum Gasteiger partial charge on any atom is 0.138 e. The molecule has 1 rings (SSSR count). The van der Waals surface area contributed by atoms with Gasteiger partial charge in [-0.2, -0.15) is 5.10 Å². The number of rotatable bonds is 6. The van der Waals surface area contributed by atoms with Crippen molar-refractivity contribution in [2.45, 2.75) is 66.0 Å². The van der Waals surface area contributed by atoms with E-state index in [1.54, 1.807) is 6.33 Å². The van der Waals surface area contributed by atoms with Crippen LogP contribution in [0.1, 0.15) is 59.8 Å². The van der Waals surface area contributed by atoms with E-state index in [4.69, 9.17) is 0 Å². The zero-order valence-corrected chi connectivity index (χ0v) is 13.2. The van der Waals surface area contributed by atoms with Gasteiger partial charge in [0.2, 0.25) is 0 Å². The summed E-state index contributed by atoms with van der Waals surface area (Å²) in [5, 5.41) is 7.75. The monoisotopic (exact) mass is 264 g/mol. The molecule has 0 atom stereocenters. The van der Waals surface area contributed by atoms with E-state index in [1.807, 2.05) is 4.68 Å². The predicted molar refractivity (Wildman–Crippen MR) is 80.2 cm³/mol. The minimum Gasteiger partial charge on any atom is -0.312 e. The minimum absolute atomic E-state index is 0.194. The van der Waals surface area contributed by atoms with Crippen LogP contribution in [0.3, 0.4) is 0 Å². The lowest BCUT2D eigenvalue weighted by molar-refractivity contribution is 0.431. The van der Waals surface area contributed by atoms with Gasteiger partial charge in [0.15, 0.2) is 0 Å². The van der Waals surface area contributed by atoms with Crippen molar-refractivity contribution in [1.82, 2.24) is 20.1 Å². The highest BCUT2D eigenvalue weighted by Gasteiger charge is 2.08. The van der Waals surface area contributed by atoms with E-state index in [1.165, 1.54) is 5.57 Å². The van der Waals surface area contributed by atoms with Crippen LogP contribution in [-0.4, -0.2) is 26.8 Å². The molecule has 0 amide bonds. The summed E-state index contributed by atoms with van der Waals surface area (Å²) in [5.74, 6) is 1.05. The van der Waals surface area contributed by atoms with E-state index >= 15 is 0 Å². The number of allylic oxidation sites excluding steroid dienone is 1. The average molecular weight is 264 g/mol. The molecule has 0 unspecified atom stereocenters. The van der Waals surface area contributed by atoms with Gasteiger partial charge in [-0.25, -0.2) is 9.67 Å². The Bertz CT molecular complexity index is 410. The van der Waals surface area contributed by atoms with Crippen molar-refractivity contribution in [3.05, 3.63) is 23.8 Å². The van der Waals surface area contributed by atoms with Crippen molar-refractivity contribution >= 4 is 0 Å². The molecule has 0 radical (unpaired) electrons. The van der Waals surface area contributed by atoms with Crippen LogP contribution in [0.4, 0.5) is 0 Å². The fourth-order valence-electron chi connectivity index (χ4n) is 1.92. The van der Waals surface area contributed by atoms with Crippen LogP contribution in [-0.2, 0) is 6.42 Å². The number of aromatic nitrogens is 3. The predicted octanol–water partition coefficient (Wildman–Crippen LogP) is 3.13. The highest BCUT2D eigenvalue weighted by molar-refractivity contribution is 5.07. The zero-order chi connectivity index (χ0) is 14.5. The smallest absolute Gasteiger partial charge is 0.138 e. The molecule has 1 aromatic heterocycles. The van der Waals surface area contributed by atoms with Gasteiger partial charge in [-0.1, -0.05) is 11.6 Å². The lowest BCUT2D eigenvalue weighted by atomic mass is 10.1. The summed E-state index contributed by atoms with van der Waals surface area (Å²) in [6.07, 6.45) is 5.87. The van der Waals surface area contributed by atoms with E-state index in [0.717, 1.165) is 25.2 Å². The molecule has 1 heterocycles. The highest BCUT2D eigenvalue weighted by Crippen LogP contribution is 2.10. The fourth-order valence-corrected chi connectivity index (χ4v) is 1.92. The van der Waals surface area contributed by atoms with Crippen LogP contribution in [0.2, 0.25) is 0 Å². The van der Waals surface area contributed by atoms with Crippen molar-refractivity contribution in [2.75, 3.05) is 6.54 Å². The van der Waals surface area contributed by atoms with Gasteiger partial charge in [-0.05, 0) is 54.5 Å². The van der Waals surface area contributed by atoms with Crippen LogP contribution in [0, 0.1) is 0 Å². The second-order valence-electron chi connectivity index (χ2n) is 6.41. The third-order valence-corrected chi connectivity index (χ3v) is 2.87. The topological polar surface area (TPSA) is 42.7 Å². The summed E-state index contributed by atoms with van der Waals surface area (Å²) < 4.78 is 1.99. The first-order valence-electron chi connectivity index (χ1n) is 7.08. The second kappa shape index (κ2) is 6.85. The van der Waals surface area contributed by atoms with Crippen molar-refractivity contribution in [1.29, 1.82) is 0 Å². The molecule has 0 aliphatic heterocycles. The SMILES string of the molecule is CC(=CCCNC(C)(C)C)Cc1ncnn1C(C)C. The Kier molecular flexibility index (Phi) is 5.73. The molecular weight excluding hydrogens is 236 g/mol. The summed E-state index contributed by atoms with van der Waals surface area (Å²) in [7, 11) is 0. The van der Waals surface area contributed by atoms with Gasteiger partial charge in [0, 0.05) is 18.0 Å². The lowest BCUT2D eigenvalue weighted by Gasteiger charge is -2.19. The molecular formula is C15H28N4. The molecule has 0 aliphatic rings. The first-order chi connectivity index (χ1) is 8.79. The minimum atomic E-state index is 0.194. The van der Waals surface area contributed by atoms with Gasteiger partial charge in [0.05, 0.1) is 0 Å². The Morgan fingerprint density at radius 2 is 2.11 bits per heavy atom. The first kappa shape index (κ1) is 15.9. The molecule has 0 bridgehead atoms. The molecule has 1 aromatic rings. The van der Waals surface area contributed by atoms with Crippen LogP contribution < -0.4 is 5.32 Å². The third-order valence-electron chi connectivity index (χ3n) is 2.87. The van der Waals surface area contributed by atoms with E-state index in [-0.39, 0.29) is 5.54 Å². The van der Waals surface area contributed by atoms with Gasteiger partial charge in [-0.15, -0.1) is 0 Å². The normalized spacial score (nSPS) is 13.3. The van der Waals surface area contributed by atoms with Crippen LogP contribution in [0.15, 0.2) is 18.0 Å². The molecule has 19 heavy (non-hydrogen) atoms. The largest absolute Gasteiger partial charge is 0.312 e. The lowest BCUT2D eigenvalue weighted by Crippen LogP contribution is -2.36. The summed E-state index contributed by atoms with van der Waals surface area (Å²) in [6, 6.07) is 0.368. The molecule has 4 nitrogen and oxygen atoms in total. The van der Waals surface area contributed by atoms with Crippen molar-refractivity contribution in [2.24, 2.45) is 0 Å². The average Bonchev–Trinajstić information content (AvgIpc) is 2.71. The third kappa shape index (κ3) is 6.01. The Morgan fingerprint density at radius 3 is 2.68 bits per heavy atom. The summed E-state index contributed by atoms with van der Waals surface area (Å²) >= 11 is 0. The number of hydrogen-bond donors (Lipinski definition) is 1. The van der Waals surface area contributed by atoms with Crippen molar-refractivity contribution in [3.8, 4) is 0 Å². The van der Waals surface area contributed by atoms with Crippen molar-refractivity contribution in [3.63, 3.8) is 0 Å². The number of nitrogens with one attached hydrogen (secondary N) is 1. The first-order valence-corrected chi connectivity index (χ1v) is 7.08.